The molecule has 0 rings (SSSR count). The summed E-state index contributed by atoms with van der Waals surface area (Å²) in [5.41, 5.74) is -0.551. The van der Waals surface area contributed by atoms with Gasteiger partial charge in [-0.2, -0.15) is 0 Å². The van der Waals surface area contributed by atoms with Gasteiger partial charge in [0.1, 0.15) is 5.92 Å². The zero-order valence-corrected chi connectivity index (χ0v) is 13.1. The first-order chi connectivity index (χ1) is 9.29. The molecule has 0 aromatic heterocycles. The molecule has 0 fully saturated rings. The summed E-state index contributed by atoms with van der Waals surface area (Å²) in [6.07, 6.45) is 0. The first kappa shape index (κ1) is 18.9. The number of nitrogens with zero attached hydrogens (tertiary/aromatic N) is 1. The summed E-state index contributed by atoms with van der Waals surface area (Å²) in [6.45, 7) is 8.10. The lowest BCUT2D eigenvalue weighted by atomic mass is 9.79. The number of methoxy groups -OCH3 is 1. The van der Waals surface area contributed by atoms with E-state index in [0.717, 1.165) is 0 Å². The van der Waals surface area contributed by atoms with Gasteiger partial charge in [0.15, 0.2) is 0 Å². The standard InChI is InChI=1S/C14H27NO5/c1-6-20-13(18)11(14(2,3)4)12(17)15(7-9-16)8-10-19-5/h11,16H,6-10H2,1-5H3. The van der Waals surface area contributed by atoms with Crippen molar-refractivity contribution in [2.24, 2.45) is 11.3 Å². The molecule has 6 heteroatoms. The molecule has 0 aliphatic heterocycles. The third-order valence-electron chi connectivity index (χ3n) is 2.88. The molecule has 0 aliphatic carbocycles. The van der Waals surface area contributed by atoms with Crippen LogP contribution >= 0.6 is 0 Å². The van der Waals surface area contributed by atoms with Gasteiger partial charge < -0.3 is 19.5 Å². The van der Waals surface area contributed by atoms with Crippen LogP contribution in [0.1, 0.15) is 27.7 Å². The summed E-state index contributed by atoms with van der Waals surface area (Å²) in [6, 6.07) is 0. The number of hydrogen-bond acceptors (Lipinski definition) is 5. The van der Waals surface area contributed by atoms with Gasteiger partial charge in [-0.1, -0.05) is 20.8 Å². The van der Waals surface area contributed by atoms with Crippen LogP contribution in [0.15, 0.2) is 0 Å². The minimum atomic E-state index is -0.883. The van der Waals surface area contributed by atoms with Gasteiger partial charge in [-0.15, -0.1) is 0 Å². The zero-order chi connectivity index (χ0) is 15.8. The minimum Gasteiger partial charge on any atom is -0.465 e. The van der Waals surface area contributed by atoms with Gasteiger partial charge in [0.05, 0.1) is 19.8 Å². The fraction of sp³-hybridized carbons (Fsp3) is 0.857. The van der Waals surface area contributed by atoms with Gasteiger partial charge in [0.2, 0.25) is 5.91 Å². The molecule has 20 heavy (non-hydrogen) atoms. The number of aliphatic hydroxyl groups is 1. The molecule has 0 radical (unpaired) electrons. The lowest BCUT2D eigenvalue weighted by Gasteiger charge is -2.32. The quantitative estimate of drug-likeness (QED) is 0.525. The molecule has 1 N–H and O–H groups in total. The summed E-state index contributed by atoms with van der Waals surface area (Å²) in [5, 5.41) is 9.06. The Morgan fingerprint density at radius 2 is 1.85 bits per heavy atom. The molecule has 0 saturated carbocycles. The first-order valence-electron chi connectivity index (χ1n) is 6.84. The summed E-state index contributed by atoms with van der Waals surface area (Å²) in [5.74, 6) is -1.74. The Morgan fingerprint density at radius 3 is 2.25 bits per heavy atom. The Hall–Kier alpha value is -1.14. The third-order valence-corrected chi connectivity index (χ3v) is 2.88. The highest BCUT2D eigenvalue weighted by molar-refractivity contribution is 5.98. The van der Waals surface area contributed by atoms with E-state index in [9.17, 15) is 9.59 Å². The maximum absolute atomic E-state index is 12.6. The fourth-order valence-corrected chi connectivity index (χ4v) is 1.89. The van der Waals surface area contributed by atoms with E-state index in [1.54, 1.807) is 6.92 Å². The molecule has 0 aromatic carbocycles. The Labute approximate surface area is 121 Å². The highest BCUT2D eigenvalue weighted by Crippen LogP contribution is 2.29. The molecule has 0 heterocycles. The molecule has 6 nitrogen and oxygen atoms in total. The SMILES string of the molecule is CCOC(=O)C(C(=O)N(CCO)CCOC)C(C)(C)C. The Kier molecular flexibility index (Phi) is 8.41. The number of carbonyl (C=O) groups excluding carboxylic acids is 2. The van der Waals surface area contributed by atoms with Crippen molar-refractivity contribution in [3.05, 3.63) is 0 Å². The number of amides is 1. The number of ether oxygens (including phenoxy) is 2. The number of hydrogen-bond donors (Lipinski definition) is 1. The molecule has 1 unspecified atom stereocenters. The van der Waals surface area contributed by atoms with E-state index in [0.29, 0.717) is 13.2 Å². The van der Waals surface area contributed by atoms with Gasteiger partial charge in [-0.25, -0.2) is 0 Å². The van der Waals surface area contributed by atoms with E-state index in [4.69, 9.17) is 14.6 Å². The number of carbonyl (C=O) groups is 2. The van der Waals surface area contributed by atoms with Crippen molar-refractivity contribution in [2.75, 3.05) is 40.0 Å². The van der Waals surface area contributed by atoms with Crippen LogP contribution in [0.25, 0.3) is 0 Å². The average Bonchev–Trinajstić information content (AvgIpc) is 2.33. The highest BCUT2D eigenvalue weighted by atomic mass is 16.5. The van der Waals surface area contributed by atoms with Gasteiger partial charge >= 0.3 is 5.97 Å². The first-order valence-corrected chi connectivity index (χ1v) is 6.84. The second kappa shape index (κ2) is 8.92. The number of aliphatic hydroxyl groups excluding tert-OH is 1. The van der Waals surface area contributed by atoms with Crippen molar-refractivity contribution in [1.82, 2.24) is 4.90 Å². The van der Waals surface area contributed by atoms with E-state index in [-0.39, 0.29) is 25.7 Å². The lowest BCUT2D eigenvalue weighted by Crippen LogP contribution is -2.47. The maximum Gasteiger partial charge on any atom is 0.319 e. The normalized spacial score (nSPS) is 12.9. The van der Waals surface area contributed by atoms with E-state index in [1.165, 1.54) is 12.0 Å². The smallest absolute Gasteiger partial charge is 0.319 e. The predicted octanol–water partition coefficient (Wildman–Crippen LogP) is 0.679. The molecule has 0 aromatic rings. The van der Waals surface area contributed by atoms with Crippen LogP contribution in [0.2, 0.25) is 0 Å². The minimum absolute atomic E-state index is 0.158. The largest absolute Gasteiger partial charge is 0.465 e. The van der Waals surface area contributed by atoms with E-state index >= 15 is 0 Å². The van der Waals surface area contributed by atoms with Crippen molar-refractivity contribution >= 4 is 11.9 Å². The molecule has 0 bridgehead atoms. The maximum atomic E-state index is 12.6. The molecule has 1 atom stereocenters. The van der Waals surface area contributed by atoms with Crippen LogP contribution in [0.4, 0.5) is 0 Å². The predicted molar refractivity (Wildman–Crippen MR) is 75.1 cm³/mol. The molecule has 0 aliphatic rings. The Bertz CT molecular complexity index is 311. The average molecular weight is 289 g/mol. The molecular formula is C14H27NO5. The van der Waals surface area contributed by atoms with Gasteiger partial charge in [0, 0.05) is 20.2 Å². The fourth-order valence-electron chi connectivity index (χ4n) is 1.89. The van der Waals surface area contributed by atoms with Crippen molar-refractivity contribution in [3.63, 3.8) is 0 Å². The summed E-state index contributed by atoms with van der Waals surface area (Å²) in [7, 11) is 1.54. The van der Waals surface area contributed by atoms with Crippen LogP contribution in [0.3, 0.4) is 0 Å². The number of esters is 1. The van der Waals surface area contributed by atoms with E-state index in [1.807, 2.05) is 20.8 Å². The van der Waals surface area contributed by atoms with Crippen molar-refractivity contribution in [1.29, 1.82) is 0 Å². The monoisotopic (exact) mass is 289 g/mol. The van der Waals surface area contributed by atoms with Crippen LogP contribution in [0, 0.1) is 11.3 Å². The van der Waals surface area contributed by atoms with Crippen molar-refractivity contribution in [2.45, 2.75) is 27.7 Å². The highest BCUT2D eigenvalue weighted by Gasteiger charge is 2.41. The van der Waals surface area contributed by atoms with Crippen molar-refractivity contribution in [3.8, 4) is 0 Å². The molecule has 1 amide bonds. The van der Waals surface area contributed by atoms with E-state index in [2.05, 4.69) is 0 Å². The summed E-state index contributed by atoms with van der Waals surface area (Å²) < 4.78 is 9.95. The summed E-state index contributed by atoms with van der Waals surface area (Å²) >= 11 is 0. The van der Waals surface area contributed by atoms with Crippen molar-refractivity contribution < 1.29 is 24.2 Å². The molecule has 118 valence electrons. The van der Waals surface area contributed by atoms with Gasteiger partial charge in [-0.3, -0.25) is 9.59 Å². The van der Waals surface area contributed by atoms with Crippen LogP contribution in [-0.4, -0.2) is 61.9 Å². The second-order valence-electron chi connectivity index (χ2n) is 5.59. The second-order valence-corrected chi connectivity index (χ2v) is 5.59. The van der Waals surface area contributed by atoms with Gasteiger partial charge in [0.25, 0.3) is 0 Å². The molecular weight excluding hydrogens is 262 g/mol. The van der Waals surface area contributed by atoms with E-state index < -0.39 is 17.3 Å². The van der Waals surface area contributed by atoms with Crippen LogP contribution < -0.4 is 0 Å². The Morgan fingerprint density at radius 1 is 1.25 bits per heavy atom. The lowest BCUT2D eigenvalue weighted by molar-refractivity contribution is -0.161. The molecule has 0 saturated heterocycles. The third kappa shape index (κ3) is 5.88. The topological polar surface area (TPSA) is 76.1 Å². The number of rotatable bonds is 8. The zero-order valence-electron chi connectivity index (χ0n) is 13.1. The summed E-state index contributed by atoms with van der Waals surface area (Å²) in [4.78, 5) is 26.1. The van der Waals surface area contributed by atoms with Crippen LogP contribution in [-0.2, 0) is 19.1 Å². The molecule has 0 spiro atoms. The Balaban J connectivity index is 5.11. The van der Waals surface area contributed by atoms with Crippen LogP contribution in [0.5, 0.6) is 0 Å². The van der Waals surface area contributed by atoms with Gasteiger partial charge in [-0.05, 0) is 12.3 Å².